The second-order valence-corrected chi connectivity index (χ2v) is 3.36. The van der Waals surface area contributed by atoms with Crippen molar-refractivity contribution in [2.45, 2.75) is 26.1 Å². The van der Waals surface area contributed by atoms with Gasteiger partial charge in [-0.2, -0.15) is 18.4 Å². The lowest BCUT2D eigenvalue weighted by molar-refractivity contribution is -0.141. The zero-order valence-electron chi connectivity index (χ0n) is 8.67. The third kappa shape index (κ3) is 3.12. The zero-order chi connectivity index (χ0) is 12.3. The number of halogens is 3. The molecule has 0 saturated heterocycles. The summed E-state index contributed by atoms with van der Waals surface area (Å²) in [4.78, 5) is 3.29. The van der Waals surface area contributed by atoms with Gasteiger partial charge in [0.25, 0.3) is 0 Å². The van der Waals surface area contributed by atoms with Crippen LogP contribution in [0.1, 0.15) is 25.1 Å². The van der Waals surface area contributed by atoms with E-state index >= 15 is 0 Å². The minimum Gasteiger partial charge on any atom is -0.475 e. The monoisotopic (exact) mass is 230 g/mol. The summed E-state index contributed by atoms with van der Waals surface area (Å²) in [6, 6.07) is 3.50. The Kier molecular flexibility index (Phi) is 3.38. The summed E-state index contributed by atoms with van der Waals surface area (Å²) in [6.07, 6.45) is -4.88. The number of rotatable bonds is 2. The van der Waals surface area contributed by atoms with E-state index in [9.17, 15) is 13.2 Å². The van der Waals surface area contributed by atoms with E-state index in [1.165, 1.54) is 6.07 Å². The fraction of sp³-hybridized carbons (Fsp3) is 0.400. The molecule has 0 N–H and O–H groups in total. The summed E-state index contributed by atoms with van der Waals surface area (Å²) < 4.78 is 42.2. The third-order valence-corrected chi connectivity index (χ3v) is 1.58. The highest BCUT2D eigenvalue weighted by Gasteiger charge is 2.33. The van der Waals surface area contributed by atoms with E-state index in [2.05, 4.69) is 4.98 Å². The van der Waals surface area contributed by atoms with Crippen LogP contribution >= 0.6 is 0 Å². The van der Waals surface area contributed by atoms with Gasteiger partial charge in [0.2, 0.25) is 5.88 Å². The van der Waals surface area contributed by atoms with Gasteiger partial charge in [0.05, 0.1) is 17.7 Å². The molecule has 16 heavy (non-hydrogen) atoms. The molecule has 6 heteroatoms. The predicted octanol–water partition coefficient (Wildman–Crippen LogP) is 2.76. The molecule has 0 radical (unpaired) electrons. The first-order chi connectivity index (χ1) is 7.32. The molecule has 0 aliphatic carbocycles. The standard InChI is InChI=1S/C10H9F3N2O/c1-6(2)16-9-4-7(5-14)3-8(15-9)10(11,12)13/h3-4,6H,1-2H3. The maximum absolute atomic E-state index is 12.4. The summed E-state index contributed by atoms with van der Waals surface area (Å²) in [5.74, 6) is -0.193. The molecule has 0 unspecified atom stereocenters. The molecule has 0 aliphatic rings. The lowest BCUT2D eigenvalue weighted by Crippen LogP contribution is -2.12. The second kappa shape index (κ2) is 4.39. The van der Waals surface area contributed by atoms with E-state index in [1.54, 1.807) is 19.9 Å². The van der Waals surface area contributed by atoms with E-state index in [0.29, 0.717) is 6.07 Å². The van der Waals surface area contributed by atoms with Gasteiger partial charge in [-0.05, 0) is 19.9 Å². The van der Waals surface area contributed by atoms with E-state index in [-0.39, 0.29) is 17.5 Å². The molecule has 0 aromatic carbocycles. The molecule has 0 spiro atoms. The molecular formula is C10H9F3N2O. The first kappa shape index (κ1) is 12.3. The second-order valence-electron chi connectivity index (χ2n) is 3.36. The Morgan fingerprint density at radius 2 is 2.00 bits per heavy atom. The normalized spacial score (nSPS) is 11.3. The van der Waals surface area contributed by atoms with Crippen LogP contribution in [0, 0.1) is 11.3 Å². The Hall–Kier alpha value is -1.77. The summed E-state index contributed by atoms with van der Waals surface area (Å²) >= 11 is 0. The molecule has 0 fully saturated rings. The van der Waals surface area contributed by atoms with Gasteiger partial charge in [0.1, 0.15) is 5.69 Å². The highest BCUT2D eigenvalue weighted by Crippen LogP contribution is 2.29. The van der Waals surface area contributed by atoms with Gasteiger partial charge in [-0.25, -0.2) is 4.98 Å². The Bertz CT molecular complexity index is 421. The molecule has 1 aromatic rings. The SMILES string of the molecule is CC(C)Oc1cc(C#N)cc(C(F)(F)F)n1. The van der Waals surface area contributed by atoms with Crippen molar-refractivity contribution >= 4 is 0 Å². The number of nitriles is 1. The van der Waals surface area contributed by atoms with Gasteiger partial charge >= 0.3 is 6.18 Å². The van der Waals surface area contributed by atoms with Crippen LogP contribution in [0.25, 0.3) is 0 Å². The van der Waals surface area contributed by atoms with E-state index in [4.69, 9.17) is 10.00 Å². The maximum atomic E-state index is 12.4. The van der Waals surface area contributed by atoms with Gasteiger partial charge < -0.3 is 4.74 Å². The fourth-order valence-corrected chi connectivity index (χ4v) is 1.02. The molecule has 0 aliphatic heterocycles. The van der Waals surface area contributed by atoms with Crippen molar-refractivity contribution in [1.29, 1.82) is 5.26 Å². The molecule has 1 aromatic heterocycles. The van der Waals surface area contributed by atoms with Crippen LogP contribution in [0.2, 0.25) is 0 Å². The number of hydrogen-bond donors (Lipinski definition) is 0. The third-order valence-electron chi connectivity index (χ3n) is 1.58. The highest BCUT2D eigenvalue weighted by molar-refractivity contribution is 5.35. The van der Waals surface area contributed by atoms with Crippen molar-refractivity contribution in [2.75, 3.05) is 0 Å². The molecule has 0 atom stereocenters. The van der Waals surface area contributed by atoms with Crippen LogP contribution in [-0.2, 0) is 6.18 Å². The molecule has 86 valence electrons. The van der Waals surface area contributed by atoms with Crippen molar-refractivity contribution in [3.63, 3.8) is 0 Å². The fourth-order valence-electron chi connectivity index (χ4n) is 1.02. The number of ether oxygens (including phenoxy) is 1. The lowest BCUT2D eigenvalue weighted by atomic mass is 10.2. The number of nitrogens with zero attached hydrogens (tertiary/aromatic N) is 2. The molecule has 0 bridgehead atoms. The first-order valence-corrected chi connectivity index (χ1v) is 4.49. The number of alkyl halides is 3. The van der Waals surface area contributed by atoms with E-state index in [1.807, 2.05) is 0 Å². The van der Waals surface area contributed by atoms with Crippen LogP contribution in [0.4, 0.5) is 13.2 Å². The van der Waals surface area contributed by atoms with Gasteiger partial charge in [0, 0.05) is 6.07 Å². The van der Waals surface area contributed by atoms with Crippen molar-refractivity contribution in [3.05, 3.63) is 23.4 Å². The van der Waals surface area contributed by atoms with Crippen LogP contribution in [0.5, 0.6) is 5.88 Å². The van der Waals surface area contributed by atoms with Crippen molar-refractivity contribution < 1.29 is 17.9 Å². The van der Waals surface area contributed by atoms with Gasteiger partial charge in [0.15, 0.2) is 0 Å². The van der Waals surface area contributed by atoms with Crippen molar-refractivity contribution in [2.24, 2.45) is 0 Å². The molecule has 3 nitrogen and oxygen atoms in total. The molecule has 1 heterocycles. The minimum atomic E-state index is -4.58. The van der Waals surface area contributed by atoms with Gasteiger partial charge in [-0.15, -0.1) is 0 Å². The average Bonchev–Trinajstić information content (AvgIpc) is 2.14. The molecule has 1 rings (SSSR count). The summed E-state index contributed by atoms with van der Waals surface area (Å²) in [6.45, 7) is 3.32. The molecule has 0 amide bonds. The number of pyridine rings is 1. The zero-order valence-corrected chi connectivity index (χ0v) is 8.67. The summed E-state index contributed by atoms with van der Waals surface area (Å²) in [5, 5.41) is 8.59. The van der Waals surface area contributed by atoms with Crippen molar-refractivity contribution in [1.82, 2.24) is 4.98 Å². The van der Waals surface area contributed by atoms with Crippen LogP contribution < -0.4 is 4.74 Å². The average molecular weight is 230 g/mol. The van der Waals surface area contributed by atoms with Crippen LogP contribution in [0.15, 0.2) is 12.1 Å². The first-order valence-electron chi connectivity index (χ1n) is 4.49. The topological polar surface area (TPSA) is 45.9 Å². The Morgan fingerprint density at radius 3 is 2.44 bits per heavy atom. The largest absolute Gasteiger partial charge is 0.475 e. The highest BCUT2D eigenvalue weighted by atomic mass is 19.4. The Morgan fingerprint density at radius 1 is 1.38 bits per heavy atom. The van der Waals surface area contributed by atoms with Crippen LogP contribution in [-0.4, -0.2) is 11.1 Å². The Balaban J connectivity index is 3.17. The quantitative estimate of drug-likeness (QED) is 0.784. The lowest BCUT2D eigenvalue weighted by Gasteiger charge is -2.11. The smallest absolute Gasteiger partial charge is 0.433 e. The molecular weight excluding hydrogens is 221 g/mol. The number of aromatic nitrogens is 1. The summed E-state index contributed by atoms with van der Waals surface area (Å²) in [7, 11) is 0. The minimum absolute atomic E-state index is 0.127. The van der Waals surface area contributed by atoms with Crippen molar-refractivity contribution in [3.8, 4) is 11.9 Å². The maximum Gasteiger partial charge on any atom is 0.433 e. The van der Waals surface area contributed by atoms with E-state index < -0.39 is 11.9 Å². The van der Waals surface area contributed by atoms with Gasteiger partial charge in [-0.3, -0.25) is 0 Å². The van der Waals surface area contributed by atoms with E-state index in [0.717, 1.165) is 0 Å². The molecule has 0 saturated carbocycles. The van der Waals surface area contributed by atoms with Crippen LogP contribution in [0.3, 0.4) is 0 Å². The predicted molar refractivity (Wildman–Crippen MR) is 49.7 cm³/mol. The number of hydrogen-bond acceptors (Lipinski definition) is 3. The van der Waals surface area contributed by atoms with Gasteiger partial charge in [-0.1, -0.05) is 0 Å². The Labute approximate surface area is 90.5 Å². The summed E-state index contributed by atoms with van der Waals surface area (Å²) in [5.41, 5.74) is -1.25.